The molecule has 2 nitrogen and oxygen atoms in total. The Hall–Kier alpha value is -1.12. The third-order valence-corrected chi connectivity index (χ3v) is 2.30. The smallest absolute Gasteiger partial charge is 0.183 e. The molecule has 0 amide bonds. The standard InChI is InChI=1S/C15H22O2/c1-5-16-15(17-6-2)14-9-7-13(8-10-14)11-12(3)4/h7-11,15H,5-6H2,1-4H3. The molecule has 0 unspecified atom stereocenters. The second kappa shape index (κ2) is 7.25. The summed E-state index contributed by atoms with van der Waals surface area (Å²) in [6.45, 7) is 9.45. The van der Waals surface area contributed by atoms with Crippen molar-refractivity contribution in [2.24, 2.45) is 0 Å². The molecule has 2 heteroatoms. The molecule has 0 saturated carbocycles. The summed E-state index contributed by atoms with van der Waals surface area (Å²) in [7, 11) is 0. The van der Waals surface area contributed by atoms with Gasteiger partial charge in [0.15, 0.2) is 6.29 Å². The topological polar surface area (TPSA) is 18.5 Å². The van der Waals surface area contributed by atoms with E-state index in [0.29, 0.717) is 13.2 Å². The molecule has 17 heavy (non-hydrogen) atoms. The van der Waals surface area contributed by atoms with Crippen LogP contribution < -0.4 is 0 Å². The van der Waals surface area contributed by atoms with E-state index in [-0.39, 0.29) is 6.29 Å². The van der Waals surface area contributed by atoms with Crippen molar-refractivity contribution >= 4 is 6.08 Å². The Morgan fingerprint density at radius 1 is 1.06 bits per heavy atom. The molecule has 94 valence electrons. The van der Waals surface area contributed by atoms with Crippen LogP contribution in [0.4, 0.5) is 0 Å². The number of allylic oxidation sites excluding steroid dienone is 1. The zero-order chi connectivity index (χ0) is 12.7. The van der Waals surface area contributed by atoms with Gasteiger partial charge in [-0.1, -0.05) is 35.9 Å². The maximum atomic E-state index is 5.55. The van der Waals surface area contributed by atoms with Gasteiger partial charge in [-0.25, -0.2) is 0 Å². The van der Waals surface area contributed by atoms with Crippen molar-refractivity contribution in [2.45, 2.75) is 34.0 Å². The summed E-state index contributed by atoms with van der Waals surface area (Å²) in [5.74, 6) is 0. The summed E-state index contributed by atoms with van der Waals surface area (Å²) in [4.78, 5) is 0. The Morgan fingerprint density at radius 3 is 2.00 bits per heavy atom. The predicted molar refractivity (Wildman–Crippen MR) is 71.8 cm³/mol. The fraction of sp³-hybridized carbons (Fsp3) is 0.467. The minimum Gasteiger partial charge on any atom is -0.349 e. The van der Waals surface area contributed by atoms with Crippen LogP contribution in [0.3, 0.4) is 0 Å². The Labute approximate surface area is 104 Å². The average molecular weight is 234 g/mol. The molecule has 0 N–H and O–H groups in total. The first kappa shape index (κ1) is 13.9. The predicted octanol–water partition coefficient (Wildman–Crippen LogP) is 4.18. The summed E-state index contributed by atoms with van der Waals surface area (Å²) in [6, 6.07) is 8.30. The van der Waals surface area contributed by atoms with E-state index in [0.717, 1.165) is 5.56 Å². The first-order valence-electron chi connectivity index (χ1n) is 6.15. The van der Waals surface area contributed by atoms with Gasteiger partial charge in [-0.2, -0.15) is 0 Å². The summed E-state index contributed by atoms with van der Waals surface area (Å²) >= 11 is 0. The van der Waals surface area contributed by atoms with Crippen LogP contribution in [0.25, 0.3) is 6.08 Å². The van der Waals surface area contributed by atoms with E-state index in [1.165, 1.54) is 11.1 Å². The summed E-state index contributed by atoms with van der Waals surface area (Å²) in [6.07, 6.45) is 1.91. The van der Waals surface area contributed by atoms with Gasteiger partial charge in [-0.05, 0) is 33.3 Å². The van der Waals surface area contributed by atoms with E-state index in [4.69, 9.17) is 9.47 Å². The molecule has 0 heterocycles. The molecule has 1 aromatic rings. The van der Waals surface area contributed by atoms with Gasteiger partial charge in [-0.3, -0.25) is 0 Å². The Bertz CT molecular complexity index is 342. The lowest BCUT2D eigenvalue weighted by molar-refractivity contribution is -0.140. The van der Waals surface area contributed by atoms with E-state index in [2.05, 4.69) is 44.2 Å². The van der Waals surface area contributed by atoms with Crippen molar-refractivity contribution in [2.75, 3.05) is 13.2 Å². The Kier molecular flexibility index (Phi) is 5.95. The van der Waals surface area contributed by atoms with E-state index in [9.17, 15) is 0 Å². The number of hydrogen-bond acceptors (Lipinski definition) is 2. The second-order valence-corrected chi connectivity index (χ2v) is 4.13. The molecule has 0 aliphatic carbocycles. The van der Waals surface area contributed by atoms with E-state index in [1.807, 2.05) is 13.8 Å². The highest BCUT2D eigenvalue weighted by Crippen LogP contribution is 2.20. The van der Waals surface area contributed by atoms with Crippen LogP contribution in [0, 0.1) is 0 Å². The van der Waals surface area contributed by atoms with Gasteiger partial charge in [0.2, 0.25) is 0 Å². The van der Waals surface area contributed by atoms with Crippen molar-refractivity contribution in [3.63, 3.8) is 0 Å². The molecule has 0 atom stereocenters. The first-order chi connectivity index (χ1) is 8.17. The molecule has 0 aliphatic heterocycles. The molecule has 0 saturated heterocycles. The lowest BCUT2D eigenvalue weighted by atomic mass is 10.1. The van der Waals surface area contributed by atoms with Crippen LogP contribution in [0.2, 0.25) is 0 Å². The molecule has 0 aliphatic rings. The summed E-state index contributed by atoms with van der Waals surface area (Å²) in [5.41, 5.74) is 3.57. The molecule has 0 aromatic heterocycles. The molecule has 0 radical (unpaired) electrons. The van der Waals surface area contributed by atoms with Gasteiger partial charge in [0.05, 0.1) is 0 Å². The number of rotatable bonds is 6. The van der Waals surface area contributed by atoms with Crippen LogP contribution in [0.1, 0.15) is 45.1 Å². The Balaban J connectivity index is 2.80. The maximum absolute atomic E-state index is 5.55. The fourth-order valence-electron chi connectivity index (χ4n) is 1.63. The lowest BCUT2D eigenvalue weighted by Crippen LogP contribution is -2.08. The molecule has 0 fully saturated rings. The zero-order valence-corrected chi connectivity index (χ0v) is 11.2. The molecule has 1 aromatic carbocycles. The molecule has 0 spiro atoms. The fourth-order valence-corrected chi connectivity index (χ4v) is 1.63. The minimum atomic E-state index is -0.245. The van der Waals surface area contributed by atoms with Crippen molar-refractivity contribution in [1.82, 2.24) is 0 Å². The maximum Gasteiger partial charge on any atom is 0.183 e. The molecule has 0 bridgehead atoms. The van der Waals surface area contributed by atoms with Crippen LogP contribution in [0.5, 0.6) is 0 Å². The van der Waals surface area contributed by atoms with Gasteiger partial charge in [0.1, 0.15) is 0 Å². The number of ether oxygens (including phenoxy) is 2. The van der Waals surface area contributed by atoms with Gasteiger partial charge >= 0.3 is 0 Å². The minimum absolute atomic E-state index is 0.245. The number of benzene rings is 1. The monoisotopic (exact) mass is 234 g/mol. The Morgan fingerprint density at radius 2 is 1.59 bits per heavy atom. The van der Waals surface area contributed by atoms with Gasteiger partial charge in [0, 0.05) is 18.8 Å². The van der Waals surface area contributed by atoms with Crippen LogP contribution in [0.15, 0.2) is 29.8 Å². The van der Waals surface area contributed by atoms with Crippen LogP contribution >= 0.6 is 0 Å². The summed E-state index contributed by atoms with van der Waals surface area (Å²) < 4.78 is 11.1. The average Bonchev–Trinajstić information content (AvgIpc) is 2.29. The van der Waals surface area contributed by atoms with Gasteiger partial charge in [-0.15, -0.1) is 0 Å². The van der Waals surface area contributed by atoms with Crippen molar-refractivity contribution in [3.8, 4) is 0 Å². The molecule has 1 rings (SSSR count). The second-order valence-electron chi connectivity index (χ2n) is 4.13. The van der Waals surface area contributed by atoms with Crippen LogP contribution in [-0.2, 0) is 9.47 Å². The normalized spacial score (nSPS) is 10.6. The van der Waals surface area contributed by atoms with Gasteiger partial charge < -0.3 is 9.47 Å². The van der Waals surface area contributed by atoms with Crippen LogP contribution in [-0.4, -0.2) is 13.2 Å². The van der Waals surface area contributed by atoms with Gasteiger partial charge in [0.25, 0.3) is 0 Å². The third-order valence-electron chi connectivity index (χ3n) is 2.30. The molecular formula is C15H22O2. The largest absolute Gasteiger partial charge is 0.349 e. The highest BCUT2D eigenvalue weighted by molar-refractivity contribution is 5.52. The molecular weight excluding hydrogens is 212 g/mol. The van der Waals surface area contributed by atoms with E-state index in [1.54, 1.807) is 0 Å². The number of hydrogen-bond donors (Lipinski definition) is 0. The highest BCUT2D eigenvalue weighted by Gasteiger charge is 2.10. The van der Waals surface area contributed by atoms with E-state index < -0.39 is 0 Å². The third kappa shape index (κ3) is 4.72. The highest BCUT2D eigenvalue weighted by atomic mass is 16.7. The SMILES string of the molecule is CCOC(OCC)c1ccc(C=C(C)C)cc1. The van der Waals surface area contributed by atoms with Crippen molar-refractivity contribution in [3.05, 3.63) is 41.0 Å². The van der Waals surface area contributed by atoms with Crippen molar-refractivity contribution < 1.29 is 9.47 Å². The quantitative estimate of drug-likeness (QED) is 0.687. The van der Waals surface area contributed by atoms with Crippen molar-refractivity contribution in [1.29, 1.82) is 0 Å². The summed E-state index contributed by atoms with van der Waals surface area (Å²) in [5, 5.41) is 0. The van der Waals surface area contributed by atoms with E-state index >= 15 is 0 Å². The first-order valence-corrected chi connectivity index (χ1v) is 6.15. The zero-order valence-electron chi connectivity index (χ0n) is 11.2. The lowest BCUT2D eigenvalue weighted by Gasteiger charge is -2.17.